The molecular formula is C28H17NO7. The molecular weight excluding hydrogens is 462 g/mol. The fourth-order valence-corrected chi connectivity index (χ4v) is 3.67. The molecule has 1 aromatic heterocycles. The summed E-state index contributed by atoms with van der Waals surface area (Å²) in [5.74, 6) is -0.363. The fraction of sp³-hybridized carbons (Fsp3) is 0. The van der Waals surface area contributed by atoms with Gasteiger partial charge in [-0.1, -0.05) is 54.6 Å². The van der Waals surface area contributed by atoms with Gasteiger partial charge in [-0.3, -0.25) is 14.9 Å². The van der Waals surface area contributed by atoms with Crippen LogP contribution in [0.3, 0.4) is 0 Å². The Hall–Kier alpha value is -5.24. The maximum absolute atomic E-state index is 12.9. The average molecular weight is 479 g/mol. The Kier molecular flexibility index (Phi) is 5.98. The first-order valence-corrected chi connectivity index (χ1v) is 10.8. The quantitative estimate of drug-likeness (QED) is 0.120. The molecule has 0 aliphatic heterocycles. The van der Waals surface area contributed by atoms with E-state index in [1.165, 1.54) is 48.7 Å². The summed E-state index contributed by atoms with van der Waals surface area (Å²) in [4.78, 5) is 35.9. The van der Waals surface area contributed by atoms with Crippen LogP contribution in [0.1, 0.15) is 10.4 Å². The molecule has 0 spiro atoms. The zero-order valence-electron chi connectivity index (χ0n) is 18.6. The van der Waals surface area contributed by atoms with Gasteiger partial charge in [0.05, 0.1) is 10.3 Å². The third kappa shape index (κ3) is 4.55. The van der Waals surface area contributed by atoms with Crippen molar-refractivity contribution >= 4 is 22.6 Å². The SMILES string of the molecule is O=C(Oc1ccc2c(=O)c(Oc3ccc(-c4ccccc4)cc3)coc2c1)c1ccccc1[N+](=O)[O-]. The van der Waals surface area contributed by atoms with Crippen molar-refractivity contribution in [3.63, 3.8) is 0 Å². The Bertz CT molecular complexity index is 1640. The van der Waals surface area contributed by atoms with Crippen LogP contribution in [-0.2, 0) is 0 Å². The van der Waals surface area contributed by atoms with Gasteiger partial charge in [-0.2, -0.15) is 0 Å². The number of nitro benzene ring substituents is 1. The van der Waals surface area contributed by atoms with Gasteiger partial charge < -0.3 is 13.9 Å². The molecule has 0 atom stereocenters. The first-order valence-electron chi connectivity index (χ1n) is 10.8. The topological polar surface area (TPSA) is 109 Å². The van der Waals surface area contributed by atoms with E-state index in [1.54, 1.807) is 12.1 Å². The lowest BCUT2D eigenvalue weighted by Crippen LogP contribution is -2.11. The minimum absolute atomic E-state index is 0.000355. The second-order valence-electron chi connectivity index (χ2n) is 7.74. The molecule has 0 bridgehead atoms. The van der Waals surface area contributed by atoms with Gasteiger partial charge in [0.1, 0.15) is 28.9 Å². The highest BCUT2D eigenvalue weighted by Crippen LogP contribution is 2.27. The highest BCUT2D eigenvalue weighted by atomic mass is 16.6. The zero-order valence-corrected chi connectivity index (χ0v) is 18.6. The molecule has 1 heterocycles. The molecule has 0 saturated carbocycles. The third-order valence-electron chi connectivity index (χ3n) is 5.43. The number of rotatable bonds is 6. The Morgan fingerprint density at radius 2 is 1.47 bits per heavy atom. The van der Waals surface area contributed by atoms with Crippen molar-refractivity contribution in [2.45, 2.75) is 0 Å². The van der Waals surface area contributed by atoms with Gasteiger partial charge in [0, 0.05) is 12.1 Å². The Morgan fingerprint density at radius 1 is 0.806 bits per heavy atom. The van der Waals surface area contributed by atoms with Crippen molar-refractivity contribution in [2.24, 2.45) is 0 Å². The number of carbonyl (C=O) groups is 1. The van der Waals surface area contributed by atoms with Gasteiger partial charge in [0.15, 0.2) is 0 Å². The van der Waals surface area contributed by atoms with Crippen molar-refractivity contribution in [1.29, 1.82) is 0 Å². The number of benzene rings is 4. The van der Waals surface area contributed by atoms with Gasteiger partial charge >= 0.3 is 5.97 Å². The minimum Gasteiger partial charge on any atom is -0.460 e. The maximum atomic E-state index is 12.9. The second-order valence-corrected chi connectivity index (χ2v) is 7.74. The molecule has 0 aliphatic rings. The van der Waals surface area contributed by atoms with Crippen LogP contribution < -0.4 is 14.9 Å². The lowest BCUT2D eigenvalue weighted by molar-refractivity contribution is -0.385. The smallest absolute Gasteiger partial charge is 0.350 e. The summed E-state index contributed by atoms with van der Waals surface area (Å²) >= 11 is 0. The van der Waals surface area contributed by atoms with Gasteiger partial charge in [0.2, 0.25) is 11.2 Å². The zero-order chi connectivity index (χ0) is 25.1. The Labute approximate surface area is 204 Å². The van der Waals surface area contributed by atoms with Crippen LogP contribution in [0.4, 0.5) is 5.69 Å². The Morgan fingerprint density at radius 3 is 2.22 bits per heavy atom. The molecule has 8 nitrogen and oxygen atoms in total. The van der Waals surface area contributed by atoms with Crippen molar-refractivity contribution in [2.75, 3.05) is 0 Å². The number of fused-ring (bicyclic) bond motifs is 1. The number of carbonyl (C=O) groups excluding carboxylic acids is 1. The van der Waals surface area contributed by atoms with Gasteiger partial charge in [-0.25, -0.2) is 4.79 Å². The van der Waals surface area contributed by atoms with E-state index in [2.05, 4.69) is 0 Å². The minimum atomic E-state index is -0.900. The van der Waals surface area contributed by atoms with Crippen molar-refractivity contribution < 1.29 is 23.6 Å². The van der Waals surface area contributed by atoms with Gasteiger partial charge in [-0.05, 0) is 41.5 Å². The molecule has 0 saturated heterocycles. The van der Waals surface area contributed by atoms with E-state index in [-0.39, 0.29) is 33.7 Å². The Balaban J connectivity index is 1.36. The summed E-state index contributed by atoms with van der Waals surface area (Å²) in [6.45, 7) is 0. The molecule has 0 fully saturated rings. The number of nitrogens with zero attached hydrogens (tertiary/aromatic N) is 1. The molecule has 0 unspecified atom stereocenters. The molecule has 4 aromatic carbocycles. The van der Waals surface area contributed by atoms with Crippen LogP contribution in [-0.4, -0.2) is 10.9 Å². The summed E-state index contributed by atoms with van der Waals surface area (Å²) in [5.41, 5.74) is 1.28. The molecule has 8 heteroatoms. The van der Waals surface area contributed by atoms with Crippen LogP contribution in [0, 0.1) is 10.1 Å². The van der Waals surface area contributed by atoms with Gasteiger partial charge in [0.25, 0.3) is 5.69 Å². The molecule has 0 amide bonds. The second kappa shape index (κ2) is 9.55. The van der Waals surface area contributed by atoms with E-state index < -0.39 is 16.3 Å². The summed E-state index contributed by atoms with van der Waals surface area (Å²) in [7, 11) is 0. The highest BCUT2D eigenvalue weighted by molar-refractivity contribution is 5.95. The molecule has 5 aromatic rings. The number of nitro groups is 1. The first kappa shape index (κ1) is 22.5. The number of hydrogen-bond donors (Lipinski definition) is 0. The normalized spacial score (nSPS) is 10.7. The summed E-state index contributed by atoms with van der Waals surface area (Å²) in [5, 5.41) is 11.4. The largest absolute Gasteiger partial charge is 0.460 e. The molecule has 0 radical (unpaired) electrons. The molecule has 36 heavy (non-hydrogen) atoms. The van der Waals surface area contributed by atoms with Crippen LogP contribution in [0.5, 0.6) is 17.2 Å². The lowest BCUT2D eigenvalue weighted by atomic mass is 10.1. The number of ether oxygens (including phenoxy) is 2. The van der Waals surface area contributed by atoms with Crippen molar-refractivity contribution in [3.05, 3.63) is 129 Å². The molecule has 0 N–H and O–H groups in total. The van der Waals surface area contributed by atoms with Crippen LogP contribution in [0.2, 0.25) is 0 Å². The standard InChI is InChI=1S/C28H17NO7/c30-27-23-15-14-21(36-28(31)22-8-4-5-9-24(22)29(32)33)16-25(23)34-17-26(27)35-20-12-10-19(11-13-20)18-6-2-1-3-7-18/h1-17H. The summed E-state index contributed by atoms with van der Waals surface area (Å²) in [6, 6.07) is 26.9. The number of esters is 1. The molecule has 176 valence electrons. The van der Waals surface area contributed by atoms with E-state index in [9.17, 15) is 19.7 Å². The average Bonchev–Trinajstić information content (AvgIpc) is 2.91. The third-order valence-corrected chi connectivity index (χ3v) is 5.43. The van der Waals surface area contributed by atoms with Crippen LogP contribution >= 0.6 is 0 Å². The highest BCUT2D eigenvalue weighted by Gasteiger charge is 2.21. The molecule has 5 rings (SSSR count). The number of hydrogen-bond acceptors (Lipinski definition) is 7. The first-order chi connectivity index (χ1) is 17.5. The van der Waals surface area contributed by atoms with Crippen LogP contribution in [0.15, 0.2) is 113 Å². The lowest BCUT2D eigenvalue weighted by Gasteiger charge is -2.08. The van der Waals surface area contributed by atoms with E-state index in [4.69, 9.17) is 13.9 Å². The van der Waals surface area contributed by atoms with Crippen molar-refractivity contribution in [3.8, 4) is 28.4 Å². The number of para-hydroxylation sites is 1. The predicted octanol–water partition coefficient (Wildman–Crippen LogP) is 6.38. The van der Waals surface area contributed by atoms with Crippen LogP contribution in [0.25, 0.3) is 22.1 Å². The maximum Gasteiger partial charge on any atom is 0.350 e. The summed E-state index contributed by atoms with van der Waals surface area (Å²) in [6.07, 6.45) is 1.18. The van der Waals surface area contributed by atoms with E-state index in [1.807, 2.05) is 42.5 Å². The fourth-order valence-electron chi connectivity index (χ4n) is 3.67. The predicted molar refractivity (Wildman–Crippen MR) is 132 cm³/mol. The van der Waals surface area contributed by atoms with Crippen molar-refractivity contribution in [1.82, 2.24) is 0 Å². The van der Waals surface area contributed by atoms with E-state index in [0.717, 1.165) is 11.1 Å². The van der Waals surface area contributed by atoms with Gasteiger partial charge in [-0.15, -0.1) is 0 Å². The van der Waals surface area contributed by atoms with E-state index >= 15 is 0 Å². The monoisotopic (exact) mass is 479 g/mol. The van der Waals surface area contributed by atoms with E-state index in [0.29, 0.717) is 5.75 Å². The molecule has 0 aliphatic carbocycles. The summed E-state index contributed by atoms with van der Waals surface area (Å²) < 4.78 is 16.6.